The van der Waals surface area contributed by atoms with Crippen molar-refractivity contribution < 1.29 is 17.9 Å². The van der Waals surface area contributed by atoms with Crippen molar-refractivity contribution in [2.45, 2.75) is 50.1 Å². The molecule has 2 aliphatic heterocycles. The van der Waals surface area contributed by atoms with Crippen LogP contribution in [0.3, 0.4) is 0 Å². The van der Waals surface area contributed by atoms with Gasteiger partial charge in [-0.05, 0) is 49.9 Å². The van der Waals surface area contributed by atoms with Crippen molar-refractivity contribution in [3.05, 3.63) is 52.4 Å². The number of morpholine rings is 1. The van der Waals surface area contributed by atoms with Crippen molar-refractivity contribution in [1.29, 1.82) is 0 Å². The van der Waals surface area contributed by atoms with Crippen LogP contribution in [0.15, 0.2) is 40.6 Å². The summed E-state index contributed by atoms with van der Waals surface area (Å²) < 4.78 is 33.4. The Morgan fingerprint density at radius 3 is 2.76 bits per heavy atom. The molecule has 4 rings (SSSR count). The summed E-state index contributed by atoms with van der Waals surface area (Å²) in [4.78, 5) is 16.2. The Bertz CT molecular complexity index is 1070. The van der Waals surface area contributed by atoms with Crippen LogP contribution in [-0.4, -0.2) is 62.4 Å². The zero-order valence-corrected chi connectivity index (χ0v) is 21.0. The standard InChI is InChI=1S/C24H33N3O4S2/c1-18-15-26(11-12-31-18)16-21-6-3-5-20(13-21)14-25-24(28)22-7-4-10-27(17-22)33(29,30)23-9-8-19(2)32-23/h3,5-6,8-9,13,18,22H,4,7,10-12,14-17H2,1-2H3,(H,25,28). The summed E-state index contributed by atoms with van der Waals surface area (Å²) in [5.41, 5.74) is 2.27. The zero-order valence-electron chi connectivity index (χ0n) is 19.3. The molecule has 9 heteroatoms. The van der Waals surface area contributed by atoms with Crippen LogP contribution >= 0.6 is 11.3 Å². The van der Waals surface area contributed by atoms with E-state index in [9.17, 15) is 13.2 Å². The molecule has 2 atom stereocenters. The molecule has 2 fully saturated rings. The third-order valence-corrected chi connectivity index (χ3v) is 9.59. The Labute approximate surface area is 200 Å². The average molecular weight is 492 g/mol. The minimum atomic E-state index is -3.54. The van der Waals surface area contributed by atoms with Crippen molar-refractivity contribution in [2.24, 2.45) is 5.92 Å². The van der Waals surface area contributed by atoms with E-state index in [1.807, 2.05) is 25.1 Å². The number of benzene rings is 1. The molecule has 1 amide bonds. The van der Waals surface area contributed by atoms with Crippen molar-refractivity contribution in [3.63, 3.8) is 0 Å². The summed E-state index contributed by atoms with van der Waals surface area (Å²) in [6, 6.07) is 11.8. The van der Waals surface area contributed by atoms with Gasteiger partial charge < -0.3 is 10.1 Å². The maximum atomic E-state index is 13.0. The fraction of sp³-hybridized carbons (Fsp3) is 0.542. The number of rotatable bonds is 7. The number of nitrogens with zero attached hydrogens (tertiary/aromatic N) is 2. The van der Waals surface area contributed by atoms with Crippen LogP contribution in [0.4, 0.5) is 0 Å². The van der Waals surface area contributed by atoms with Crippen LogP contribution in [0.5, 0.6) is 0 Å². The third kappa shape index (κ3) is 6.22. The highest BCUT2D eigenvalue weighted by atomic mass is 32.2. The van der Waals surface area contributed by atoms with Crippen molar-refractivity contribution >= 4 is 27.3 Å². The summed E-state index contributed by atoms with van der Waals surface area (Å²) >= 11 is 1.28. The Morgan fingerprint density at radius 1 is 1.18 bits per heavy atom. The third-order valence-electron chi connectivity index (χ3n) is 6.25. The minimum absolute atomic E-state index is 0.0790. The summed E-state index contributed by atoms with van der Waals surface area (Å²) in [6.45, 7) is 8.61. The smallest absolute Gasteiger partial charge is 0.252 e. The van der Waals surface area contributed by atoms with Gasteiger partial charge in [-0.15, -0.1) is 11.3 Å². The van der Waals surface area contributed by atoms with E-state index in [1.54, 1.807) is 6.07 Å². The number of carbonyl (C=O) groups excluding carboxylic acids is 1. The van der Waals surface area contributed by atoms with Crippen LogP contribution in [-0.2, 0) is 32.6 Å². The van der Waals surface area contributed by atoms with Gasteiger partial charge in [-0.3, -0.25) is 9.69 Å². The molecular formula is C24H33N3O4S2. The number of sulfonamides is 1. The van der Waals surface area contributed by atoms with Crippen LogP contribution in [0, 0.1) is 12.8 Å². The highest BCUT2D eigenvalue weighted by Gasteiger charge is 2.34. The summed E-state index contributed by atoms with van der Waals surface area (Å²) in [7, 11) is -3.54. The van der Waals surface area contributed by atoms with Crippen molar-refractivity contribution in [3.8, 4) is 0 Å². The number of amides is 1. The molecule has 0 aliphatic carbocycles. The topological polar surface area (TPSA) is 79.0 Å². The van der Waals surface area contributed by atoms with Gasteiger partial charge in [0.1, 0.15) is 4.21 Å². The Hall–Kier alpha value is -1.78. The van der Waals surface area contributed by atoms with Gasteiger partial charge in [-0.1, -0.05) is 24.3 Å². The highest BCUT2D eigenvalue weighted by molar-refractivity contribution is 7.91. The van der Waals surface area contributed by atoms with Gasteiger partial charge in [0, 0.05) is 44.1 Å². The van der Waals surface area contributed by atoms with E-state index in [4.69, 9.17) is 4.74 Å². The molecule has 2 unspecified atom stereocenters. The number of nitrogens with one attached hydrogen (secondary N) is 1. The first-order chi connectivity index (χ1) is 15.8. The predicted molar refractivity (Wildman–Crippen MR) is 130 cm³/mol. The Balaban J connectivity index is 1.32. The zero-order chi connectivity index (χ0) is 23.4. The summed E-state index contributed by atoms with van der Waals surface area (Å²) in [6.07, 6.45) is 1.65. The largest absolute Gasteiger partial charge is 0.376 e. The fourth-order valence-electron chi connectivity index (χ4n) is 4.52. The van der Waals surface area contributed by atoms with Crippen LogP contribution in [0.1, 0.15) is 35.8 Å². The lowest BCUT2D eigenvalue weighted by Gasteiger charge is -2.31. The average Bonchev–Trinajstić information content (AvgIpc) is 3.25. The predicted octanol–water partition coefficient (Wildman–Crippen LogP) is 2.99. The molecule has 2 aromatic rings. The second-order valence-electron chi connectivity index (χ2n) is 9.02. The number of aryl methyl sites for hydroxylation is 1. The minimum Gasteiger partial charge on any atom is -0.376 e. The SMILES string of the molecule is Cc1ccc(S(=O)(=O)N2CCCC(C(=O)NCc3cccc(CN4CCOC(C)C4)c3)C2)s1. The number of ether oxygens (including phenoxy) is 1. The molecule has 7 nitrogen and oxygen atoms in total. The fourth-order valence-corrected chi connectivity index (χ4v) is 7.48. The maximum Gasteiger partial charge on any atom is 0.252 e. The van der Waals surface area contributed by atoms with E-state index in [-0.39, 0.29) is 24.5 Å². The molecule has 33 heavy (non-hydrogen) atoms. The van der Waals surface area contributed by atoms with Gasteiger partial charge in [0.05, 0.1) is 18.6 Å². The highest BCUT2D eigenvalue weighted by Crippen LogP contribution is 2.28. The maximum absolute atomic E-state index is 13.0. The lowest BCUT2D eigenvalue weighted by molar-refractivity contribution is -0.126. The van der Waals surface area contributed by atoms with E-state index in [2.05, 4.69) is 29.3 Å². The van der Waals surface area contributed by atoms with Gasteiger partial charge in [0.15, 0.2) is 0 Å². The molecule has 1 aromatic carbocycles. The molecule has 1 aromatic heterocycles. The molecule has 180 valence electrons. The molecule has 0 bridgehead atoms. The number of thiophene rings is 1. The van der Waals surface area contributed by atoms with Crippen molar-refractivity contribution in [1.82, 2.24) is 14.5 Å². The summed E-state index contributed by atoms with van der Waals surface area (Å²) in [5, 5.41) is 3.03. The molecule has 3 heterocycles. The van der Waals surface area contributed by atoms with Gasteiger partial charge in [-0.25, -0.2) is 8.42 Å². The summed E-state index contributed by atoms with van der Waals surface area (Å²) in [5.74, 6) is -0.405. The van der Waals surface area contributed by atoms with Gasteiger partial charge in [0.2, 0.25) is 5.91 Å². The van der Waals surface area contributed by atoms with E-state index >= 15 is 0 Å². The number of carbonyl (C=O) groups is 1. The first kappa shape index (κ1) is 24.3. The monoisotopic (exact) mass is 491 g/mol. The van der Waals surface area contributed by atoms with Gasteiger partial charge in [-0.2, -0.15) is 4.31 Å². The molecule has 0 saturated carbocycles. The first-order valence-electron chi connectivity index (χ1n) is 11.6. The quantitative estimate of drug-likeness (QED) is 0.644. The van der Waals surface area contributed by atoms with E-state index in [0.717, 1.165) is 36.7 Å². The van der Waals surface area contributed by atoms with E-state index < -0.39 is 10.0 Å². The second kappa shape index (κ2) is 10.7. The molecule has 2 aliphatic rings. The van der Waals surface area contributed by atoms with E-state index in [1.165, 1.54) is 21.2 Å². The first-order valence-corrected chi connectivity index (χ1v) is 13.8. The normalized spacial score (nSPS) is 22.8. The van der Waals surface area contributed by atoms with Crippen LogP contribution < -0.4 is 5.32 Å². The number of piperidine rings is 1. The molecule has 1 N–H and O–H groups in total. The van der Waals surface area contributed by atoms with Crippen molar-refractivity contribution in [2.75, 3.05) is 32.8 Å². The van der Waals surface area contributed by atoms with Crippen LogP contribution in [0.25, 0.3) is 0 Å². The van der Waals surface area contributed by atoms with Crippen LogP contribution in [0.2, 0.25) is 0 Å². The molecule has 2 saturated heterocycles. The lowest BCUT2D eigenvalue weighted by atomic mass is 9.98. The number of hydrogen-bond donors (Lipinski definition) is 1. The Morgan fingerprint density at radius 2 is 2.00 bits per heavy atom. The molecular weight excluding hydrogens is 458 g/mol. The molecule has 0 spiro atoms. The molecule has 0 radical (unpaired) electrons. The van der Waals surface area contributed by atoms with Gasteiger partial charge >= 0.3 is 0 Å². The second-order valence-corrected chi connectivity index (χ2v) is 12.5. The lowest BCUT2D eigenvalue weighted by Crippen LogP contribution is -2.45. The van der Waals surface area contributed by atoms with Gasteiger partial charge in [0.25, 0.3) is 10.0 Å². The van der Waals surface area contributed by atoms with E-state index in [0.29, 0.717) is 30.1 Å². The Kier molecular flexibility index (Phi) is 7.86. The number of hydrogen-bond acceptors (Lipinski definition) is 6.